The summed E-state index contributed by atoms with van der Waals surface area (Å²) >= 11 is 0. The summed E-state index contributed by atoms with van der Waals surface area (Å²) in [7, 11) is 0. The van der Waals surface area contributed by atoms with Crippen molar-refractivity contribution in [1.82, 2.24) is 4.90 Å². The van der Waals surface area contributed by atoms with Gasteiger partial charge in [0.05, 0.1) is 6.10 Å². The average molecular weight is 264 g/mol. The molecule has 0 spiro atoms. The molecule has 19 heavy (non-hydrogen) atoms. The van der Waals surface area contributed by atoms with Crippen LogP contribution >= 0.6 is 0 Å². The number of benzene rings is 1. The smallest absolute Gasteiger partial charge is 0.122 e. The Kier molecular flexibility index (Phi) is 7.53. The van der Waals surface area contributed by atoms with E-state index in [9.17, 15) is 0 Å². The van der Waals surface area contributed by atoms with E-state index < -0.39 is 0 Å². The van der Waals surface area contributed by atoms with E-state index in [-0.39, 0.29) is 6.10 Å². The van der Waals surface area contributed by atoms with Crippen LogP contribution in [-0.2, 0) is 6.42 Å². The highest BCUT2D eigenvalue weighted by molar-refractivity contribution is 5.33. The van der Waals surface area contributed by atoms with Gasteiger partial charge in [0.2, 0.25) is 0 Å². The molecule has 0 bridgehead atoms. The molecule has 0 radical (unpaired) electrons. The largest absolute Gasteiger partial charge is 0.490 e. The van der Waals surface area contributed by atoms with E-state index in [2.05, 4.69) is 31.7 Å². The first-order valence-corrected chi connectivity index (χ1v) is 7.38. The second-order valence-electron chi connectivity index (χ2n) is 4.89. The van der Waals surface area contributed by atoms with E-state index in [0.717, 1.165) is 38.2 Å². The molecule has 0 aliphatic carbocycles. The summed E-state index contributed by atoms with van der Waals surface area (Å²) in [4.78, 5) is 2.42. The molecule has 1 aromatic rings. The van der Waals surface area contributed by atoms with Gasteiger partial charge in [0, 0.05) is 6.54 Å². The lowest BCUT2D eigenvalue weighted by Gasteiger charge is -2.22. The third-order valence-corrected chi connectivity index (χ3v) is 3.46. The molecule has 0 heterocycles. The zero-order valence-electron chi connectivity index (χ0n) is 12.6. The molecule has 1 aromatic carbocycles. The van der Waals surface area contributed by atoms with Crippen molar-refractivity contribution in [3.8, 4) is 5.75 Å². The van der Waals surface area contributed by atoms with Crippen LogP contribution in [0.15, 0.2) is 24.3 Å². The lowest BCUT2D eigenvalue weighted by molar-refractivity contribution is 0.180. The molecule has 1 unspecified atom stereocenters. The quantitative estimate of drug-likeness (QED) is 0.745. The van der Waals surface area contributed by atoms with Gasteiger partial charge in [0.15, 0.2) is 0 Å². The Bertz CT molecular complexity index is 350. The second-order valence-corrected chi connectivity index (χ2v) is 4.89. The van der Waals surface area contributed by atoms with Gasteiger partial charge < -0.3 is 15.4 Å². The standard InChI is InChI=1S/C16H28N2O/c1-4-18(5-2)13-11-14(3)19-16-9-7-6-8-15(16)10-12-17/h6-9,14H,4-5,10-13,17H2,1-3H3. The molecule has 0 amide bonds. The summed E-state index contributed by atoms with van der Waals surface area (Å²) in [6.45, 7) is 10.5. The van der Waals surface area contributed by atoms with Crippen LogP contribution in [0.5, 0.6) is 5.75 Å². The first-order valence-electron chi connectivity index (χ1n) is 7.38. The topological polar surface area (TPSA) is 38.5 Å². The minimum atomic E-state index is 0.236. The van der Waals surface area contributed by atoms with Gasteiger partial charge in [0.25, 0.3) is 0 Å². The van der Waals surface area contributed by atoms with Gasteiger partial charge in [-0.15, -0.1) is 0 Å². The number of hydrogen-bond acceptors (Lipinski definition) is 3. The first-order chi connectivity index (χ1) is 9.21. The molecule has 1 rings (SSSR count). The molecule has 3 nitrogen and oxygen atoms in total. The third-order valence-electron chi connectivity index (χ3n) is 3.46. The molecular weight excluding hydrogens is 236 g/mol. The number of rotatable bonds is 9. The highest BCUT2D eigenvalue weighted by atomic mass is 16.5. The number of ether oxygens (including phenoxy) is 1. The van der Waals surface area contributed by atoms with Crippen molar-refractivity contribution >= 4 is 0 Å². The van der Waals surface area contributed by atoms with Crippen LogP contribution in [0, 0.1) is 0 Å². The molecule has 0 aliphatic rings. The van der Waals surface area contributed by atoms with Crippen LogP contribution in [0.4, 0.5) is 0 Å². The van der Waals surface area contributed by atoms with Crippen molar-refractivity contribution in [2.24, 2.45) is 5.73 Å². The molecule has 0 fully saturated rings. The zero-order valence-corrected chi connectivity index (χ0v) is 12.6. The van der Waals surface area contributed by atoms with Gasteiger partial charge in [-0.1, -0.05) is 32.0 Å². The number of nitrogens with two attached hydrogens (primary N) is 1. The van der Waals surface area contributed by atoms with Crippen molar-refractivity contribution in [1.29, 1.82) is 0 Å². The predicted molar refractivity (Wildman–Crippen MR) is 81.7 cm³/mol. The summed E-state index contributed by atoms with van der Waals surface area (Å²) in [5.74, 6) is 0.986. The van der Waals surface area contributed by atoms with Gasteiger partial charge in [-0.2, -0.15) is 0 Å². The lowest BCUT2D eigenvalue weighted by atomic mass is 10.1. The second kappa shape index (κ2) is 8.94. The molecule has 1 atom stereocenters. The Morgan fingerprint density at radius 1 is 1.21 bits per heavy atom. The van der Waals surface area contributed by atoms with E-state index in [1.54, 1.807) is 0 Å². The predicted octanol–water partition coefficient (Wildman–Crippen LogP) is 2.69. The van der Waals surface area contributed by atoms with Gasteiger partial charge in [-0.25, -0.2) is 0 Å². The van der Waals surface area contributed by atoms with Crippen molar-refractivity contribution in [2.45, 2.75) is 39.7 Å². The maximum atomic E-state index is 6.06. The fourth-order valence-electron chi connectivity index (χ4n) is 2.16. The first kappa shape index (κ1) is 16.0. The van der Waals surface area contributed by atoms with E-state index in [1.165, 1.54) is 5.56 Å². The number of hydrogen-bond donors (Lipinski definition) is 1. The zero-order chi connectivity index (χ0) is 14.1. The average Bonchev–Trinajstić information content (AvgIpc) is 2.42. The normalized spacial score (nSPS) is 12.7. The lowest BCUT2D eigenvalue weighted by Crippen LogP contribution is -2.28. The van der Waals surface area contributed by atoms with E-state index in [4.69, 9.17) is 10.5 Å². The van der Waals surface area contributed by atoms with Crippen molar-refractivity contribution in [2.75, 3.05) is 26.2 Å². The summed E-state index contributed by atoms with van der Waals surface area (Å²) in [5.41, 5.74) is 6.84. The van der Waals surface area contributed by atoms with Crippen LogP contribution in [-0.4, -0.2) is 37.2 Å². The maximum absolute atomic E-state index is 6.06. The Labute approximate surface area is 117 Å². The summed E-state index contributed by atoms with van der Waals surface area (Å²) < 4.78 is 6.06. The van der Waals surface area contributed by atoms with E-state index in [0.29, 0.717) is 6.54 Å². The molecule has 0 aliphatic heterocycles. The molecule has 3 heteroatoms. The van der Waals surface area contributed by atoms with Gasteiger partial charge in [-0.3, -0.25) is 0 Å². The van der Waals surface area contributed by atoms with Crippen LogP contribution in [0.25, 0.3) is 0 Å². The highest BCUT2D eigenvalue weighted by Gasteiger charge is 2.09. The minimum Gasteiger partial charge on any atom is -0.490 e. The Morgan fingerprint density at radius 2 is 1.89 bits per heavy atom. The molecule has 108 valence electrons. The van der Waals surface area contributed by atoms with Gasteiger partial charge in [0.1, 0.15) is 5.75 Å². The van der Waals surface area contributed by atoms with Crippen molar-refractivity contribution in [3.05, 3.63) is 29.8 Å². The number of nitrogens with zero attached hydrogens (tertiary/aromatic N) is 1. The molecule has 2 N–H and O–H groups in total. The Morgan fingerprint density at radius 3 is 2.53 bits per heavy atom. The maximum Gasteiger partial charge on any atom is 0.122 e. The Balaban J connectivity index is 2.49. The molecule has 0 saturated carbocycles. The Hall–Kier alpha value is -1.06. The SMILES string of the molecule is CCN(CC)CCC(C)Oc1ccccc1CCN. The monoisotopic (exact) mass is 264 g/mol. The van der Waals surface area contributed by atoms with Crippen LogP contribution in [0.1, 0.15) is 32.8 Å². The third kappa shape index (κ3) is 5.62. The van der Waals surface area contributed by atoms with Gasteiger partial charge >= 0.3 is 0 Å². The van der Waals surface area contributed by atoms with Crippen molar-refractivity contribution < 1.29 is 4.74 Å². The van der Waals surface area contributed by atoms with Crippen LogP contribution < -0.4 is 10.5 Å². The van der Waals surface area contributed by atoms with E-state index >= 15 is 0 Å². The van der Waals surface area contributed by atoms with Crippen LogP contribution in [0.2, 0.25) is 0 Å². The van der Waals surface area contributed by atoms with Crippen molar-refractivity contribution in [3.63, 3.8) is 0 Å². The molecule has 0 saturated heterocycles. The molecule has 0 aromatic heterocycles. The summed E-state index contributed by atoms with van der Waals surface area (Å²) in [6.07, 6.45) is 2.16. The fourth-order valence-corrected chi connectivity index (χ4v) is 2.16. The summed E-state index contributed by atoms with van der Waals surface area (Å²) in [6, 6.07) is 8.20. The van der Waals surface area contributed by atoms with E-state index in [1.807, 2.05) is 18.2 Å². The number of para-hydroxylation sites is 1. The van der Waals surface area contributed by atoms with Crippen LogP contribution in [0.3, 0.4) is 0 Å². The fraction of sp³-hybridized carbons (Fsp3) is 0.625. The molecular formula is C16H28N2O. The van der Waals surface area contributed by atoms with Gasteiger partial charge in [-0.05, 0) is 51.0 Å². The minimum absolute atomic E-state index is 0.236. The highest BCUT2D eigenvalue weighted by Crippen LogP contribution is 2.20. The summed E-state index contributed by atoms with van der Waals surface area (Å²) in [5, 5.41) is 0.